The summed E-state index contributed by atoms with van der Waals surface area (Å²) in [5.41, 5.74) is 0.989. The van der Waals surface area contributed by atoms with Crippen LogP contribution < -0.4 is 14.4 Å². The third kappa shape index (κ3) is 3.10. The largest absolute Gasteiger partial charge is 0.497 e. The molecule has 1 heterocycles. The topological polar surface area (TPSA) is 58.6 Å². The number of sulfonamides is 1. The van der Waals surface area contributed by atoms with Gasteiger partial charge in [0.05, 0.1) is 12.9 Å². The number of rotatable bonds is 2. The van der Waals surface area contributed by atoms with Crippen molar-refractivity contribution in [1.29, 1.82) is 0 Å². The predicted octanol–water partition coefficient (Wildman–Crippen LogP) is 0.435. The Hall–Kier alpha value is -1.27. The van der Waals surface area contributed by atoms with Crippen molar-refractivity contribution >= 4 is 15.7 Å². The van der Waals surface area contributed by atoms with Gasteiger partial charge in [-0.05, 0) is 12.1 Å². The van der Waals surface area contributed by atoms with Crippen LogP contribution in [0.3, 0.4) is 0 Å². The average Bonchev–Trinajstić information content (AvgIpc) is 2.50. The SMILES string of the molecule is COc1cccc(N2CCNS(=O)(=O)CC2)c1. The molecule has 1 aromatic rings. The fourth-order valence-corrected chi connectivity index (χ4v) is 2.82. The highest BCUT2D eigenvalue weighted by Gasteiger charge is 2.18. The summed E-state index contributed by atoms with van der Waals surface area (Å²) >= 11 is 0. The number of hydrogen-bond acceptors (Lipinski definition) is 4. The van der Waals surface area contributed by atoms with Gasteiger partial charge in [-0.2, -0.15) is 0 Å². The first kappa shape index (κ1) is 12.2. The highest BCUT2D eigenvalue weighted by atomic mass is 32.2. The van der Waals surface area contributed by atoms with Crippen molar-refractivity contribution in [3.63, 3.8) is 0 Å². The number of hydrogen-bond donors (Lipinski definition) is 1. The van der Waals surface area contributed by atoms with Crippen LogP contribution in [0.4, 0.5) is 5.69 Å². The monoisotopic (exact) mass is 256 g/mol. The molecule has 5 nitrogen and oxygen atoms in total. The number of anilines is 1. The smallest absolute Gasteiger partial charge is 0.213 e. The molecular formula is C11H16N2O3S. The van der Waals surface area contributed by atoms with Gasteiger partial charge in [-0.25, -0.2) is 13.1 Å². The number of methoxy groups -OCH3 is 1. The number of nitrogens with one attached hydrogen (secondary N) is 1. The quantitative estimate of drug-likeness (QED) is 0.834. The fraction of sp³-hybridized carbons (Fsp3) is 0.455. The minimum atomic E-state index is -3.10. The van der Waals surface area contributed by atoms with E-state index in [-0.39, 0.29) is 5.75 Å². The minimum absolute atomic E-state index is 0.129. The second kappa shape index (κ2) is 4.93. The molecule has 0 atom stereocenters. The molecule has 0 radical (unpaired) electrons. The molecule has 0 bridgehead atoms. The Morgan fingerprint density at radius 2 is 2.18 bits per heavy atom. The van der Waals surface area contributed by atoms with Gasteiger partial charge in [-0.1, -0.05) is 6.07 Å². The van der Waals surface area contributed by atoms with Crippen LogP contribution in [0.2, 0.25) is 0 Å². The van der Waals surface area contributed by atoms with Crippen LogP contribution in [0.15, 0.2) is 24.3 Å². The molecule has 0 spiro atoms. The van der Waals surface area contributed by atoms with Gasteiger partial charge in [0, 0.05) is 31.4 Å². The zero-order valence-electron chi connectivity index (χ0n) is 9.72. The van der Waals surface area contributed by atoms with E-state index in [1.54, 1.807) is 7.11 Å². The van der Waals surface area contributed by atoms with E-state index >= 15 is 0 Å². The van der Waals surface area contributed by atoms with Gasteiger partial charge in [-0.15, -0.1) is 0 Å². The van der Waals surface area contributed by atoms with Gasteiger partial charge < -0.3 is 9.64 Å². The van der Waals surface area contributed by atoms with Crippen molar-refractivity contribution in [3.05, 3.63) is 24.3 Å². The summed E-state index contributed by atoms with van der Waals surface area (Å²) in [7, 11) is -1.48. The molecule has 0 saturated carbocycles. The first-order valence-electron chi connectivity index (χ1n) is 5.47. The van der Waals surface area contributed by atoms with Crippen LogP contribution >= 0.6 is 0 Å². The number of benzene rings is 1. The van der Waals surface area contributed by atoms with Gasteiger partial charge in [0.25, 0.3) is 0 Å². The summed E-state index contributed by atoms with van der Waals surface area (Å²) < 4.78 is 30.5. The van der Waals surface area contributed by atoms with Crippen molar-refractivity contribution in [2.75, 3.05) is 37.4 Å². The molecule has 0 aromatic heterocycles. The molecule has 6 heteroatoms. The summed E-state index contributed by atoms with van der Waals surface area (Å²) in [6.45, 7) is 1.62. The van der Waals surface area contributed by atoms with Crippen LogP contribution in [0, 0.1) is 0 Å². The number of nitrogens with zero attached hydrogens (tertiary/aromatic N) is 1. The van der Waals surface area contributed by atoms with Crippen LogP contribution in [0.25, 0.3) is 0 Å². The summed E-state index contributed by atoms with van der Waals surface area (Å²) in [6, 6.07) is 7.65. The van der Waals surface area contributed by atoms with E-state index in [0.717, 1.165) is 11.4 Å². The van der Waals surface area contributed by atoms with Gasteiger partial charge in [0.15, 0.2) is 0 Å². The Labute approximate surface area is 101 Å². The van der Waals surface area contributed by atoms with E-state index in [2.05, 4.69) is 4.72 Å². The number of ether oxygens (including phenoxy) is 1. The standard InChI is InChI=1S/C11H16N2O3S/c1-16-11-4-2-3-10(9-11)13-6-5-12-17(14,15)8-7-13/h2-4,9,12H,5-8H2,1H3. The molecule has 1 aromatic carbocycles. The van der Waals surface area contributed by atoms with Crippen molar-refractivity contribution in [2.24, 2.45) is 0 Å². The van der Waals surface area contributed by atoms with Crippen molar-refractivity contribution in [3.8, 4) is 5.75 Å². The first-order valence-corrected chi connectivity index (χ1v) is 7.12. The van der Waals surface area contributed by atoms with Crippen LogP contribution in [0.5, 0.6) is 5.75 Å². The minimum Gasteiger partial charge on any atom is -0.497 e. The molecular weight excluding hydrogens is 240 g/mol. The maximum Gasteiger partial charge on any atom is 0.213 e. The maximum absolute atomic E-state index is 11.4. The lowest BCUT2D eigenvalue weighted by Gasteiger charge is -2.22. The second-order valence-corrected chi connectivity index (χ2v) is 5.83. The van der Waals surface area contributed by atoms with Gasteiger partial charge in [0.1, 0.15) is 5.75 Å². The molecule has 1 aliphatic heterocycles. The van der Waals surface area contributed by atoms with Gasteiger partial charge in [-0.3, -0.25) is 0 Å². The highest BCUT2D eigenvalue weighted by Crippen LogP contribution is 2.21. The molecule has 1 N–H and O–H groups in total. The Kier molecular flexibility index (Phi) is 3.54. The van der Waals surface area contributed by atoms with Crippen LogP contribution in [0.1, 0.15) is 0 Å². The molecule has 1 saturated heterocycles. The van der Waals surface area contributed by atoms with Crippen molar-refractivity contribution < 1.29 is 13.2 Å². The highest BCUT2D eigenvalue weighted by molar-refractivity contribution is 7.89. The van der Waals surface area contributed by atoms with Crippen molar-refractivity contribution in [1.82, 2.24) is 4.72 Å². The Morgan fingerprint density at radius 3 is 2.94 bits per heavy atom. The summed E-state index contributed by atoms with van der Waals surface area (Å²) in [5.74, 6) is 0.909. The van der Waals surface area contributed by atoms with E-state index in [0.29, 0.717) is 19.6 Å². The van der Waals surface area contributed by atoms with E-state index in [1.165, 1.54) is 0 Å². The van der Waals surface area contributed by atoms with Crippen molar-refractivity contribution in [2.45, 2.75) is 0 Å². The molecule has 1 fully saturated rings. The summed E-state index contributed by atoms with van der Waals surface area (Å²) in [5, 5.41) is 0. The lowest BCUT2D eigenvalue weighted by molar-refractivity contribution is 0.415. The van der Waals surface area contributed by atoms with Crippen LogP contribution in [-0.4, -0.2) is 40.9 Å². The second-order valence-electron chi connectivity index (χ2n) is 3.90. The zero-order valence-corrected chi connectivity index (χ0v) is 10.5. The molecule has 0 aliphatic carbocycles. The zero-order chi connectivity index (χ0) is 12.3. The predicted molar refractivity (Wildman–Crippen MR) is 67.0 cm³/mol. The molecule has 17 heavy (non-hydrogen) atoms. The lowest BCUT2D eigenvalue weighted by Crippen LogP contribution is -2.28. The normalized spacial score (nSPS) is 19.7. The van der Waals surface area contributed by atoms with Gasteiger partial charge >= 0.3 is 0 Å². The average molecular weight is 256 g/mol. The van der Waals surface area contributed by atoms with Crippen LogP contribution in [-0.2, 0) is 10.0 Å². The summed E-state index contributed by atoms with van der Waals surface area (Å²) in [4.78, 5) is 2.04. The first-order chi connectivity index (χ1) is 8.11. The Morgan fingerprint density at radius 1 is 1.35 bits per heavy atom. The maximum atomic E-state index is 11.4. The van der Waals surface area contributed by atoms with Gasteiger partial charge in [0.2, 0.25) is 10.0 Å². The lowest BCUT2D eigenvalue weighted by atomic mass is 10.2. The fourth-order valence-electron chi connectivity index (χ4n) is 1.82. The molecule has 0 amide bonds. The molecule has 2 rings (SSSR count). The van der Waals surface area contributed by atoms with E-state index in [1.807, 2.05) is 29.2 Å². The molecule has 94 valence electrons. The third-order valence-electron chi connectivity index (χ3n) is 2.75. The Balaban J connectivity index is 2.16. The molecule has 1 aliphatic rings. The van der Waals surface area contributed by atoms with E-state index in [4.69, 9.17) is 4.74 Å². The summed E-state index contributed by atoms with van der Waals surface area (Å²) in [6.07, 6.45) is 0. The molecule has 0 unspecified atom stereocenters. The van der Waals surface area contributed by atoms with E-state index < -0.39 is 10.0 Å². The van der Waals surface area contributed by atoms with E-state index in [9.17, 15) is 8.42 Å². The Bertz CT molecular complexity index is 487. The third-order valence-corrected chi connectivity index (χ3v) is 4.12.